The van der Waals surface area contributed by atoms with Crippen LogP contribution in [0.3, 0.4) is 0 Å². The van der Waals surface area contributed by atoms with Gasteiger partial charge in [0.05, 0.1) is 22.8 Å². The van der Waals surface area contributed by atoms with Gasteiger partial charge in [0.25, 0.3) is 0 Å². The van der Waals surface area contributed by atoms with Crippen molar-refractivity contribution in [1.29, 1.82) is 0 Å². The fraction of sp³-hybridized carbons (Fsp3) is 0.0714. The Bertz CT molecular complexity index is 689. The molecule has 0 fully saturated rings. The van der Waals surface area contributed by atoms with Crippen molar-refractivity contribution in [3.05, 3.63) is 57.6 Å². The minimum absolute atomic E-state index is 0.0409. The fourth-order valence-electron chi connectivity index (χ4n) is 1.73. The Morgan fingerprint density at radius 2 is 1.90 bits per heavy atom. The monoisotopic (exact) mass is 341 g/mol. The van der Waals surface area contributed by atoms with E-state index in [9.17, 15) is 13.6 Å². The lowest BCUT2D eigenvalue weighted by Crippen LogP contribution is -2.06. The summed E-state index contributed by atoms with van der Waals surface area (Å²) in [6.45, 7) is 0. The molecule has 2 aromatic carbocycles. The van der Waals surface area contributed by atoms with E-state index >= 15 is 0 Å². The molecule has 3 nitrogen and oxygen atoms in total. The van der Waals surface area contributed by atoms with Crippen molar-refractivity contribution in [2.75, 3.05) is 12.8 Å². The summed E-state index contributed by atoms with van der Waals surface area (Å²) >= 11 is 2.85. The molecule has 0 unspecified atom stereocenters. The van der Waals surface area contributed by atoms with Crippen LogP contribution in [0, 0.1) is 11.6 Å². The predicted octanol–water partition coefficient (Wildman–Crippen LogP) is 3.55. The van der Waals surface area contributed by atoms with Crippen molar-refractivity contribution in [3.63, 3.8) is 0 Å². The predicted molar refractivity (Wildman–Crippen MR) is 74.9 cm³/mol. The molecule has 104 valence electrons. The van der Waals surface area contributed by atoms with E-state index in [-0.39, 0.29) is 21.3 Å². The van der Waals surface area contributed by atoms with E-state index in [1.54, 1.807) is 0 Å². The van der Waals surface area contributed by atoms with Crippen LogP contribution in [0.2, 0.25) is 0 Å². The van der Waals surface area contributed by atoms with Crippen molar-refractivity contribution in [2.24, 2.45) is 0 Å². The van der Waals surface area contributed by atoms with Crippen LogP contribution < -0.4 is 10.5 Å². The number of ether oxygens (including phenoxy) is 1. The van der Waals surface area contributed by atoms with Crippen molar-refractivity contribution >= 4 is 27.4 Å². The number of rotatable bonds is 3. The van der Waals surface area contributed by atoms with E-state index in [0.717, 1.165) is 12.1 Å². The number of anilines is 1. The fourth-order valence-corrected chi connectivity index (χ4v) is 2.04. The largest absolute Gasteiger partial charge is 0.495 e. The van der Waals surface area contributed by atoms with Gasteiger partial charge in [-0.2, -0.15) is 0 Å². The standard InChI is InChI=1S/C14H10BrF2NO2/c1-20-13-3-2-7(4-12(13)18)14(19)8-5-11(17)9(15)6-10(8)16/h2-6H,18H2,1H3. The van der Waals surface area contributed by atoms with Crippen LogP contribution in [0.5, 0.6) is 5.75 Å². The first kappa shape index (κ1) is 14.5. The van der Waals surface area contributed by atoms with E-state index in [1.807, 2.05) is 0 Å². The van der Waals surface area contributed by atoms with Crippen molar-refractivity contribution in [3.8, 4) is 5.75 Å². The zero-order valence-electron chi connectivity index (χ0n) is 10.4. The average Bonchev–Trinajstić information content (AvgIpc) is 2.42. The number of nitrogen functional groups attached to an aromatic ring is 1. The molecule has 0 bridgehead atoms. The van der Waals surface area contributed by atoms with E-state index < -0.39 is 17.4 Å². The molecule has 0 saturated carbocycles. The third-order valence-electron chi connectivity index (χ3n) is 2.75. The van der Waals surface area contributed by atoms with Crippen LogP contribution in [0.4, 0.5) is 14.5 Å². The molecule has 0 aliphatic heterocycles. The summed E-state index contributed by atoms with van der Waals surface area (Å²) in [5.41, 5.74) is 5.74. The van der Waals surface area contributed by atoms with E-state index in [2.05, 4.69) is 15.9 Å². The first-order chi connectivity index (χ1) is 9.43. The van der Waals surface area contributed by atoms with Gasteiger partial charge in [0.1, 0.15) is 17.4 Å². The van der Waals surface area contributed by atoms with Crippen LogP contribution in [0.25, 0.3) is 0 Å². The molecule has 0 amide bonds. The van der Waals surface area contributed by atoms with Gasteiger partial charge >= 0.3 is 0 Å². The van der Waals surface area contributed by atoms with Gasteiger partial charge in [-0.15, -0.1) is 0 Å². The Morgan fingerprint density at radius 3 is 2.50 bits per heavy atom. The van der Waals surface area contributed by atoms with Gasteiger partial charge < -0.3 is 10.5 Å². The lowest BCUT2D eigenvalue weighted by Gasteiger charge is -2.08. The highest BCUT2D eigenvalue weighted by molar-refractivity contribution is 9.10. The molecular weight excluding hydrogens is 332 g/mol. The maximum absolute atomic E-state index is 13.7. The van der Waals surface area contributed by atoms with Crippen molar-refractivity contribution in [1.82, 2.24) is 0 Å². The summed E-state index contributed by atoms with van der Waals surface area (Å²) in [7, 11) is 1.44. The molecule has 2 aromatic rings. The Balaban J connectivity index is 2.46. The molecule has 0 aliphatic carbocycles. The average molecular weight is 342 g/mol. The Morgan fingerprint density at radius 1 is 1.20 bits per heavy atom. The van der Waals surface area contributed by atoms with Crippen LogP contribution in [0.1, 0.15) is 15.9 Å². The Labute approximate surface area is 122 Å². The first-order valence-electron chi connectivity index (χ1n) is 5.56. The maximum atomic E-state index is 13.7. The van der Waals surface area contributed by atoms with Crippen molar-refractivity contribution in [2.45, 2.75) is 0 Å². The molecule has 2 rings (SSSR count). The number of carbonyl (C=O) groups excluding carboxylic acids is 1. The number of nitrogens with two attached hydrogens (primary N) is 1. The minimum atomic E-state index is -0.808. The highest BCUT2D eigenvalue weighted by Crippen LogP contribution is 2.26. The molecule has 6 heteroatoms. The molecular formula is C14H10BrF2NO2. The van der Waals surface area contributed by atoms with Gasteiger partial charge in [0, 0.05) is 5.56 Å². The summed E-state index contributed by atoms with van der Waals surface area (Å²) in [4.78, 5) is 12.2. The molecule has 0 aromatic heterocycles. The molecule has 0 heterocycles. The molecule has 0 aliphatic rings. The lowest BCUT2D eigenvalue weighted by atomic mass is 10.0. The summed E-state index contributed by atoms with van der Waals surface area (Å²) in [5, 5.41) is 0. The third-order valence-corrected chi connectivity index (χ3v) is 3.35. The maximum Gasteiger partial charge on any atom is 0.196 e. The number of hydrogen-bond acceptors (Lipinski definition) is 3. The molecule has 0 radical (unpaired) electrons. The topological polar surface area (TPSA) is 52.3 Å². The minimum Gasteiger partial charge on any atom is -0.495 e. The number of ketones is 1. The Kier molecular flexibility index (Phi) is 4.04. The normalized spacial score (nSPS) is 10.4. The summed E-state index contributed by atoms with van der Waals surface area (Å²) in [6, 6.07) is 6.06. The second kappa shape index (κ2) is 5.58. The quantitative estimate of drug-likeness (QED) is 0.527. The van der Waals surface area contributed by atoms with Crippen LogP contribution >= 0.6 is 15.9 Å². The number of carbonyl (C=O) groups is 1. The SMILES string of the molecule is COc1ccc(C(=O)c2cc(F)c(Br)cc2F)cc1N. The van der Waals surface area contributed by atoms with Crippen LogP contribution in [-0.2, 0) is 0 Å². The van der Waals surface area contributed by atoms with E-state index in [1.165, 1.54) is 25.3 Å². The zero-order valence-corrected chi connectivity index (χ0v) is 12.0. The second-order valence-electron chi connectivity index (χ2n) is 4.03. The smallest absolute Gasteiger partial charge is 0.196 e. The molecule has 20 heavy (non-hydrogen) atoms. The number of halogens is 3. The van der Waals surface area contributed by atoms with Gasteiger partial charge in [0.15, 0.2) is 5.78 Å². The first-order valence-corrected chi connectivity index (χ1v) is 6.36. The summed E-state index contributed by atoms with van der Waals surface area (Å²) in [5.74, 6) is -1.76. The van der Waals surface area contributed by atoms with Gasteiger partial charge in [-0.3, -0.25) is 4.79 Å². The summed E-state index contributed by atoms with van der Waals surface area (Å²) < 4.78 is 32.1. The zero-order chi connectivity index (χ0) is 14.9. The summed E-state index contributed by atoms with van der Waals surface area (Å²) in [6.07, 6.45) is 0. The molecule has 0 atom stereocenters. The van der Waals surface area contributed by atoms with Crippen molar-refractivity contribution < 1.29 is 18.3 Å². The molecule has 0 spiro atoms. The van der Waals surface area contributed by atoms with Crippen LogP contribution in [0.15, 0.2) is 34.8 Å². The van der Waals surface area contributed by atoms with Gasteiger partial charge in [-0.05, 0) is 46.3 Å². The molecule has 0 saturated heterocycles. The number of methoxy groups -OCH3 is 1. The Hall–Kier alpha value is -1.95. The van der Waals surface area contributed by atoms with E-state index in [0.29, 0.717) is 5.75 Å². The highest BCUT2D eigenvalue weighted by atomic mass is 79.9. The lowest BCUT2D eigenvalue weighted by molar-refractivity contribution is 0.103. The third kappa shape index (κ3) is 2.65. The number of benzene rings is 2. The van der Waals surface area contributed by atoms with Gasteiger partial charge in [-0.25, -0.2) is 8.78 Å². The highest BCUT2D eigenvalue weighted by Gasteiger charge is 2.17. The molecule has 2 N–H and O–H groups in total. The van der Waals surface area contributed by atoms with Gasteiger partial charge in [-0.1, -0.05) is 0 Å². The van der Waals surface area contributed by atoms with Gasteiger partial charge in [0.2, 0.25) is 0 Å². The number of hydrogen-bond donors (Lipinski definition) is 1. The second-order valence-corrected chi connectivity index (χ2v) is 4.89. The van der Waals surface area contributed by atoms with E-state index in [4.69, 9.17) is 10.5 Å². The van der Waals surface area contributed by atoms with Crippen LogP contribution in [-0.4, -0.2) is 12.9 Å².